The molecule has 0 radical (unpaired) electrons. The van der Waals surface area contributed by atoms with Gasteiger partial charge >= 0.3 is 107 Å². The first kappa shape index (κ1) is 20.9. The van der Waals surface area contributed by atoms with Gasteiger partial charge in [0.05, 0.1) is 0 Å². The van der Waals surface area contributed by atoms with E-state index in [0.717, 1.165) is 16.9 Å². The van der Waals surface area contributed by atoms with Gasteiger partial charge in [-0.2, -0.15) is 0 Å². The van der Waals surface area contributed by atoms with E-state index in [-0.39, 0.29) is 5.82 Å². The maximum atomic E-state index is 13.2. The Morgan fingerprint density at radius 1 is 1.28 bits per heavy atom. The Morgan fingerprint density at radius 3 is 2.40 bits per heavy atom. The maximum Gasteiger partial charge on any atom is 0.165 e. The first-order valence-electron chi connectivity index (χ1n) is 7.46. The Hall–Kier alpha value is -2.13. The van der Waals surface area contributed by atoms with E-state index in [2.05, 4.69) is 32.8 Å². The van der Waals surface area contributed by atoms with Crippen LogP contribution in [0.15, 0.2) is 36.4 Å². The van der Waals surface area contributed by atoms with E-state index >= 15 is 0 Å². The number of benzene rings is 2. The van der Waals surface area contributed by atoms with Crippen LogP contribution in [-0.4, -0.2) is 23.7 Å². The first-order valence-corrected chi connectivity index (χ1v) is 8.03. The van der Waals surface area contributed by atoms with Crippen molar-refractivity contribution in [1.29, 1.82) is 0 Å². The molecule has 5 heteroatoms. The molecular weight excluding hydrogens is 366 g/mol. The van der Waals surface area contributed by atoms with E-state index in [4.69, 9.17) is 4.74 Å². The van der Waals surface area contributed by atoms with Crippen LogP contribution in [0.1, 0.15) is 26.3 Å². The van der Waals surface area contributed by atoms with E-state index in [1.54, 1.807) is 38.9 Å². The molecule has 0 aromatic heterocycles. The quantitative estimate of drug-likeness (QED) is 0.451. The molecule has 0 spiro atoms. The Morgan fingerprint density at radius 2 is 1.96 bits per heavy atom. The summed E-state index contributed by atoms with van der Waals surface area (Å²) in [6, 6.07) is 12.9. The summed E-state index contributed by atoms with van der Waals surface area (Å²) >= 11 is 4.66. The summed E-state index contributed by atoms with van der Waals surface area (Å²) in [7, 11) is 1.60. The van der Waals surface area contributed by atoms with E-state index in [1.807, 2.05) is 18.2 Å². The number of carbonyl (C=O) groups excluding carboxylic acids is 1. The van der Waals surface area contributed by atoms with Crippen LogP contribution in [0, 0.1) is 18.8 Å². The van der Waals surface area contributed by atoms with Crippen LogP contribution in [0.25, 0.3) is 11.1 Å². The molecule has 2 aromatic carbocycles. The van der Waals surface area contributed by atoms with Gasteiger partial charge in [0.25, 0.3) is 0 Å². The molecule has 0 aliphatic rings. The van der Waals surface area contributed by atoms with Crippen LogP contribution in [0.3, 0.4) is 0 Å². The van der Waals surface area contributed by atoms with Gasteiger partial charge in [0.15, 0.2) is 5.97 Å². The normalized spacial score (nSPS) is 10.4. The monoisotopic (exact) mass is 386 g/mol. The molecule has 0 bridgehead atoms. The molecule has 2 rings (SSSR count). The van der Waals surface area contributed by atoms with E-state index in [1.165, 1.54) is 12.1 Å². The molecule has 0 heterocycles. The Balaban J connectivity index is 0.000000333. The van der Waals surface area contributed by atoms with Crippen LogP contribution in [0.2, 0.25) is 0 Å². The van der Waals surface area contributed by atoms with Crippen molar-refractivity contribution in [3.8, 4) is 16.9 Å². The summed E-state index contributed by atoms with van der Waals surface area (Å²) in [6.45, 7) is 8.47. The van der Waals surface area contributed by atoms with Crippen molar-refractivity contribution in [2.45, 2.75) is 26.4 Å². The van der Waals surface area contributed by atoms with Crippen molar-refractivity contribution < 1.29 is 33.7 Å². The van der Waals surface area contributed by atoms with Crippen molar-refractivity contribution >= 4 is 11.0 Å². The van der Waals surface area contributed by atoms with Crippen LogP contribution >= 0.6 is 0 Å². The molecule has 0 saturated carbocycles. The third-order valence-electron chi connectivity index (χ3n) is 2.83. The zero-order valence-corrected chi connectivity index (χ0v) is 15.7. The molecule has 0 aliphatic carbocycles. The van der Waals surface area contributed by atoms with Crippen molar-refractivity contribution in [3.05, 3.63) is 60.8 Å². The number of methoxy groups -OCH3 is 1. The second-order valence-corrected chi connectivity index (χ2v) is 6.34. The molecule has 0 amide bonds. The Kier molecular flexibility index (Phi) is 7.85. The minimum atomic E-state index is -0.475. The molecular formula is C20H21FNiO3-2. The number of rotatable bonds is 3. The zero-order valence-electron chi connectivity index (χ0n) is 14.7. The van der Waals surface area contributed by atoms with E-state index in [0.29, 0.717) is 5.56 Å². The molecule has 0 fully saturated rings. The average molecular weight is 387 g/mol. The summed E-state index contributed by atoms with van der Waals surface area (Å²) in [4.78, 5) is 11.7. The van der Waals surface area contributed by atoms with Gasteiger partial charge in [0, 0.05) is 0 Å². The standard InChI is InChI=1S/C14H10FO.C6H11O2.Ni/c1-10-8-13(16-2)6-7-14(10)11-4-3-5-12(15)9-11;1-5(7)8-6(2,3)4;/h1,3,5-9H,2H3;1H2,2-4H3;/q2*-1;. The SMILES string of the molecule is COc1ccc(-c2[c-]ccc(F)c2)c([CH]=[Ni])c1.[CH2-]C(=O)OC(C)(C)C. The topological polar surface area (TPSA) is 35.5 Å². The van der Waals surface area contributed by atoms with Gasteiger partial charge in [-0.05, 0) is 20.8 Å². The third-order valence-corrected chi connectivity index (χ3v) is 3.14. The minimum Gasteiger partial charge on any atom is -0.483 e. The van der Waals surface area contributed by atoms with Gasteiger partial charge in [0.2, 0.25) is 0 Å². The summed E-state index contributed by atoms with van der Waals surface area (Å²) in [5, 5.41) is 0. The van der Waals surface area contributed by atoms with Crippen LogP contribution < -0.4 is 4.74 Å². The Labute approximate surface area is 156 Å². The molecule has 0 unspecified atom stereocenters. The molecule has 2 aromatic rings. The van der Waals surface area contributed by atoms with Gasteiger partial charge in [-0.1, -0.05) is 0 Å². The summed E-state index contributed by atoms with van der Waals surface area (Å²) in [5.74, 6) is -0.0282. The van der Waals surface area contributed by atoms with Gasteiger partial charge in [-0.15, -0.1) is 0 Å². The van der Waals surface area contributed by atoms with Crippen molar-refractivity contribution in [2.24, 2.45) is 0 Å². The number of carbonyl (C=O) groups is 1. The van der Waals surface area contributed by atoms with Gasteiger partial charge < -0.3 is 4.74 Å². The maximum absolute atomic E-state index is 13.2. The average Bonchev–Trinajstić information content (AvgIpc) is 2.52. The molecule has 25 heavy (non-hydrogen) atoms. The predicted octanol–water partition coefficient (Wildman–Crippen LogP) is 4.16. The number of halogens is 1. The summed E-state index contributed by atoms with van der Waals surface area (Å²) in [5.41, 5.74) is 2.00. The van der Waals surface area contributed by atoms with E-state index < -0.39 is 11.6 Å². The summed E-state index contributed by atoms with van der Waals surface area (Å²) < 4.78 is 23.0. The number of esters is 1. The van der Waals surface area contributed by atoms with Crippen molar-refractivity contribution in [2.75, 3.05) is 7.11 Å². The van der Waals surface area contributed by atoms with Crippen LogP contribution in [0.4, 0.5) is 4.39 Å². The van der Waals surface area contributed by atoms with Crippen molar-refractivity contribution in [1.82, 2.24) is 0 Å². The zero-order chi connectivity index (χ0) is 19.0. The van der Waals surface area contributed by atoms with Gasteiger partial charge in [-0.3, -0.25) is 11.7 Å². The predicted molar refractivity (Wildman–Crippen MR) is 93.6 cm³/mol. The fraction of sp³-hybridized carbons (Fsp3) is 0.250. The van der Waals surface area contributed by atoms with Crippen molar-refractivity contribution in [3.63, 3.8) is 0 Å². The Bertz CT molecular complexity index is 736. The second-order valence-electron chi connectivity index (χ2n) is 6.05. The fourth-order valence-corrected chi connectivity index (χ4v) is 2.16. The third kappa shape index (κ3) is 7.53. The smallest absolute Gasteiger partial charge is 0.165 e. The van der Waals surface area contributed by atoms with E-state index in [9.17, 15) is 9.18 Å². The minimum absolute atomic E-state index is 0.284. The second kappa shape index (κ2) is 9.38. The molecule has 138 valence electrons. The molecule has 3 nitrogen and oxygen atoms in total. The molecule has 0 saturated heterocycles. The van der Waals surface area contributed by atoms with Gasteiger partial charge in [0.1, 0.15) is 5.60 Å². The summed E-state index contributed by atoms with van der Waals surface area (Å²) in [6.07, 6.45) is 0. The molecule has 0 aliphatic heterocycles. The number of hydrogen-bond donors (Lipinski definition) is 0. The van der Waals surface area contributed by atoms with Gasteiger partial charge in [-0.25, -0.2) is 0 Å². The largest absolute Gasteiger partial charge is 0.483 e. The number of ether oxygens (including phenoxy) is 2. The molecule has 0 atom stereocenters. The number of hydrogen-bond acceptors (Lipinski definition) is 3. The van der Waals surface area contributed by atoms with Crippen LogP contribution in [-0.2, 0) is 24.6 Å². The first-order chi connectivity index (χ1) is 11.7. The molecule has 0 N–H and O–H groups in total. The fourth-order valence-electron chi connectivity index (χ4n) is 1.92. The van der Waals surface area contributed by atoms with Crippen LogP contribution in [0.5, 0.6) is 5.75 Å².